The van der Waals surface area contributed by atoms with Crippen LogP contribution in [-0.4, -0.2) is 50.2 Å². The van der Waals surface area contributed by atoms with Gasteiger partial charge in [-0.15, -0.1) is 0 Å². The van der Waals surface area contributed by atoms with Crippen molar-refractivity contribution in [1.82, 2.24) is 0 Å². The van der Waals surface area contributed by atoms with Crippen LogP contribution in [0.1, 0.15) is 0 Å². The summed E-state index contributed by atoms with van der Waals surface area (Å²) in [6, 6.07) is 0. The number of carboxylic acids is 2. The maximum absolute atomic E-state index is 9.10. The van der Waals surface area contributed by atoms with Gasteiger partial charge in [0, 0.05) is 0 Å². The summed E-state index contributed by atoms with van der Waals surface area (Å²) in [5, 5.41) is 26.8. The molecule has 0 aliphatic carbocycles. The van der Waals surface area contributed by atoms with Crippen molar-refractivity contribution in [3.63, 3.8) is 0 Å². The molecule has 0 saturated heterocycles. The Hall–Kier alpha value is -1.27. The van der Waals surface area contributed by atoms with Gasteiger partial charge in [0.25, 0.3) is 0 Å². The molecule has 0 rings (SSSR count). The second-order valence-electron chi connectivity index (χ2n) is 1.06. The molecule has 10 nitrogen and oxygen atoms in total. The fraction of sp³-hybridized carbons (Fsp3) is 0. The van der Waals surface area contributed by atoms with E-state index in [1.807, 2.05) is 0 Å². The van der Waals surface area contributed by atoms with Crippen molar-refractivity contribution in [2.24, 2.45) is 0 Å². The van der Waals surface area contributed by atoms with Crippen LogP contribution < -0.4 is 0 Å². The molecule has 0 spiro atoms. The first-order chi connectivity index (χ1) is 5.64. The predicted octanol–water partition coefficient (Wildman–Crippen LogP) is -1.48. The second-order valence-corrected chi connectivity index (χ2v) is 1.95. The van der Waals surface area contributed by atoms with Gasteiger partial charge in [0.2, 0.25) is 0 Å². The highest BCUT2D eigenvalue weighted by Gasteiger charge is 2.04. The van der Waals surface area contributed by atoms with Gasteiger partial charge in [-0.05, 0) is 0 Å². The van der Waals surface area contributed by atoms with Gasteiger partial charge in [-0.25, -0.2) is 9.59 Å². The van der Waals surface area contributed by atoms with E-state index in [1.165, 1.54) is 0 Å². The Morgan fingerprint density at radius 3 is 0.923 bits per heavy atom. The zero-order chi connectivity index (χ0) is 11.7. The second kappa shape index (κ2) is 8.82. The van der Waals surface area contributed by atoms with E-state index in [-0.39, 0.29) is 0 Å². The summed E-state index contributed by atoms with van der Waals surface area (Å²) in [7, 11) is -4.67. The molecule has 0 aromatic heterocycles. The van der Waals surface area contributed by atoms with Crippen LogP contribution in [0.5, 0.6) is 0 Å². The van der Waals surface area contributed by atoms with E-state index < -0.39 is 22.3 Å². The number of carboxylic acid groups (broad SMARTS) is 2. The zero-order valence-corrected chi connectivity index (χ0v) is 6.54. The SMILES string of the molecule is O=C(O)C(=O)O.O=S(=O)(O)O.OO. The van der Waals surface area contributed by atoms with Crippen molar-refractivity contribution in [2.75, 3.05) is 0 Å². The van der Waals surface area contributed by atoms with Crippen molar-refractivity contribution in [2.45, 2.75) is 0 Å². The third-order valence-corrected chi connectivity index (χ3v) is 0.183. The summed E-state index contributed by atoms with van der Waals surface area (Å²) >= 11 is 0. The highest BCUT2D eigenvalue weighted by atomic mass is 32.3. The summed E-state index contributed by atoms with van der Waals surface area (Å²) in [6.07, 6.45) is 0. The lowest BCUT2D eigenvalue weighted by molar-refractivity contribution is -0.176. The normalized spacial score (nSPS) is 8.31. The first-order valence-corrected chi connectivity index (χ1v) is 3.40. The molecule has 0 saturated carbocycles. The maximum Gasteiger partial charge on any atom is 0.414 e. The van der Waals surface area contributed by atoms with Crippen LogP contribution in [-0.2, 0) is 20.0 Å². The van der Waals surface area contributed by atoms with Gasteiger partial charge in [0.05, 0.1) is 0 Å². The molecule has 0 heterocycles. The minimum Gasteiger partial charge on any atom is -0.473 e. The van der Waals surface area contributed by atoms with E-state index in [0.29, 0.717) is 0 Å². The molecule has 80 valence electrons. The maximum atomic E-state index is 9.10. The van der Waals surface area contributed by atoms with Crippen molar-refractivity contribution in [3.05, 3.63) is 0 Å². The molecule has 0 fully saturated rings. The van der Waals surface area contributed by atoms with E-state index in [2.05, 4.69) is 0 Å². The van der Waals surface area contributed by atoms with Gasteiger partial charge >= 0.3 is 22.3 Å². The zero-order valence-electron chi connectivity index (χ0n) is 5.72. The molecule has 0 aromatic rings. The van der Waals surface area contributed by atoms with Gasteiger partial charge in [-0.1, -0.05) is 0 Å². The van der Waals surface area contributed by atoms with Crippen LogP contribution in [0.15, 0.2) is 0 Å². The molecule has 0 bridgehead atoms. The summed E-state index contributed by atoms with van der Waals surface area (Å²) in [5.41, 5.74) is 0. The number of hydrogen-bond acceptors (Lipinski definition) is 6. The van der Waals surface area contributed by atoms with Crippen molar-refractivity contribution in [1.29, 1.82) is 0 Å². The summed E-state index contributed by atoms with van der Waals surface area (Å²) < 4.78 is 31.6. The van der Waals surface area contributed by atoms with Crippen LogP contribution in [0.25, 0.3) is 0 Å². The average molecular weight is 222 g/mol. The molecule has 0 atom stereocenters. The molecule has 0 aliphatic heterocycles. The van der Waals surface area contributed by atoms with Crippen LogP contribution in [0.4, 0.5) is 0 Å². The van der Waals surface area contributed by atoms with Crippen molar-refractivity contribution < 1.29 is 47.8 Å². The number of carbonyl (C=O) groups is 2. The fourth-order valence-corrected chi connectivity index (χ4v) is 0. The highest BCUT2D eigenvalue weighted by Crippen LogP contribution is 1.59. The standard InChI is InChI=1S/C2H2O4.H2O4S.H2O2/c3-1(4)2(5)6;1-5(2,3)4;1-2/h(H,3,4)(H,5,6);(H2,1,2,3,4);1-2H. The van der Waals surface area contributed by atoms with E-state index in [0.717, 1.165) is 0 Å². The average Bonchev–Trinajstić information content (AvgIpc) is 1.88. The van der Waals surface area contributed by atoms with E-state index in [1.54, 1.807) is 0 Å². The smallest absolute Gasteiger partial charge is 0.414 e. The van der Waals surface area contributed by atoms with E-state index in [9.17, 15) is 0 Å². The molecular weight excluding hydrogens is 216 g/mol. The summed E-state index contributed by atoms with van der Waals surface area (Å²) in [4.78, 5) is 18.2. The molecule has 11 heteroatoms. The minimum atomic E-state index is -4.67. The molecule has 0 amide bonds. The third-order valence-electron chi connectivity index (χ3n) is 0.183. The Balaban J connectivity index is -0.000000131. The van der Waals surface area contributed by atoms with E-state index >= 15 is 0 Å². The van der Waals surface area contributed by atoms with Gasteiger partial charge < -0.3 is 10.2 Å². The lowest BCUT2D eigenvalue weighted by Gasteiger charge is -1.72. The third kappa shape index (κ3) is 110. The Kier molecular flexibility index (Phi) is 12.0. The van der Waals surface area contributed by atoms with Crippen molar-refractivity contribution in [3.8, 4) is 0 Å². The topological polar surface area (TPSA) is 190 Å². The monoisotopic (exact) mass is 222 g/mol. The minimum absolute atomic E-state index is 1.82. The summed E-state index contributed by atoms with van der Waals surface area (Å²) in [6.45, 7) is 0. The Morgan fingerprint density at radius 1 is 0.846 bits per heavy atom. The lowest BCUT2D eigenvalue weighted by Crippen LogP contribution is -2.09. The van der Waals surface area contributed by atoms with Crippen LogP contribution in [0, 0.1) is 0 Å². The Labute approximate surface area is 71.2 Å². The van der Waals surface area contributed by atoms with Gasteiger partial charge in [0.15, 0.2) is 0 Å². The van der Waals surface area contributed by atoms with Crippen molar-refractivity contribution >= 4 is 22.3 Å². The fourth-order valence-electron chi connectivity index (χ4n) is 0. The number of hydrogen-bond donors (Lipinski definition) is 6. The molecule has 0 aromatic carbocycles. The van der Waals surface area contributed by atoms with Crippen LogP contribution in [0.2, 0.25) is 0 Å². The molecular formula is C2H6O10S. The molecule has 0 aliphatic rings. The Bertz CT molecular complexity index is 216. The molecule has 0 radical (unpaired) electrons. The molecule has 0 unspecified atom stereocenters. The quantitative estimate of drug-likeness (QED) is 0.122. The lowest BCUT2D eigenvalue weighted by atomic mass is 10.7. The highest BCUT2D eigenvalue weighted by molar-refractivity contribution is 7.79. The van der Waals surface area contributed by atoms with Gasteiger partial charge in [-0.3, -0.25) is 19.6 Å². The first kappa shape index (κ1) is 17.7. The summed E-state index contributed by atoms with van der Waals surface area (Å²) in [5.74, 6) is -3.65. The molecule has 6 N–H and O–H groups in total. The first-order valence-electron chi connectivity index (χ1n) is 2.00. The van der Waals surface area contributed by atoms with E-state index in [4.69, 9.17) is 47.8 Å². The predicted molar refractivity (Wildman–Crippen MR) is 34.7 cm³/mol. The van der Waals surface area contributed by atoms with Gasteiger partial charge in [-0.2, -0.15) is 8.42 Å². The molecule has 13 heavy (non-hydrogen) atoms. The number of aliphatic carboxylic acids is 2. The Morgan fingerprint density at radius 2 is 0.923 bits per heavy atom. The van der Waals surface area contributed by atoms with Crippen LogP contribution >= 0.6 is 0 Å². The largest absolute Gasteiger partial charge is 0.473 e. The van der Waals surface area contributed by atoms with Crippen LogP contribution in [0.3, 0.4) is 0 Å². The van der Waals surface area contributed by atoms with Gasteiger partial charge in [0.1, 0.15) is 0 Å². The number of rotatable bonds is 0.